The van der Waals surface area contributed by atoms with Crippen LogP contribution in [0.1, 0.15) is 6.42 Å². The van der Waals surface area contributed by atoms with Crippen molar-refractivity contribution in [1.82, 2.24) is 0 Å². The van der Waals surface area contributed by atoms with Crippen molar-refractivity contribution in [3.8, 4) is 0 Å². The number of rotatable bonds is 4. The highest BCUT2D eigenvalue weighted by Gasteiger charge is 1.98. The van der Waals surface area contributed by atoms with Gasteiger partial charge in [-0.15, -0.1) is 0 Å². The molecule has 72 valence electrons. The first kappa shape index (κ1) is 10.8. The zero-order valence-electron chi connectivity index (χ0n) is 7.06. The summed E-state index contributed by atoms with van der Waals surface area (Å²) in [4.78, 5) is 0. The van der Waals surface area contributed by atoms with Crippen LogP contribution in [0.25, 0.3) is 0 Å². The van der Waals surface area contributed by atoms with Gasteiger partial charge in [-0.2, -0.15) is 0 Å². The number of aliphatic hydroxyl groups is 1. The Morgan fingerprint density at radius 2 is 2.23 bits per heavy atom. The molecule has 0 bridgehead atoms. The number of anilines is 1. The summed E-state index contributed by atoms with van der Waals surface area (Å²) in [7, 11) is 0. The Morgan fingerprint density at radius 3 is 2.92 bits per heavy atom. The number of benzene rings is 1. The topological polar surface area (TPSA) is 32.3 Å². The molecule has 0 aliphatic carbocycles. The summed E-state index contributed by atoms with van der Waals surface area (Å²) < 4.78 is 0.981. The summed E-state index contributed by atoms with van der Waals surface area (Å²) in [5.41, 5.74) is 0.959. The number of aliphatic hydroxyl groups excluding tert-OH is 1. The first-order valence-electron chi connectivity index (χ1n) is 4.04. The fourth-order valence-electron chi connectivity index (χ4n) is 0.935. The van der Waals surface area contributed by atoms with Crippen molar-refractivity contribution in [1.29, 1.82) is 0 Å². The average Bonchev–Trinajstić information content (AvgIpc) is 2.11. The predicted molar refractivity (Wildman–Crippen MR) is 59.3 cm³/mol. The molecule has 0 amide bonds. The second kappa shape index (κ2) is 5.47. The molecule has 2 N–H and O–H groups in total. The third-order valence-electron chi connectivity index (χ3n) is 1.58. The van der Waals surface area contributed by atoms with Gasteiger partial charge in [-0.1, -0.05) is 11.6 Å². The van der Waals surface area contributed by atoms with E-state index in [1.54, 1.807) is 0 Å². The summed E-state index contributed by atoms with van der Waals surface area (Å²) in [5, 5.41) is 12.5. The van der Waals surface area contributed by atoms with E-state index >= 15 is 0 Å². The Morgan fingerprint density at radius 1 is 1.46 bits per heavy atom. The van der Waals surface area contributed by atoms with Gasteiger partial charge in [0.25, 0.3) is 0 Å². The second-order valence-corrected chi connectivity index (χ2v) is 3.92. The monoisotopic (exact) mass is 263 g/mol. The van der Waals surface area contributed by atoms with Gasteiger partial charge in [-0.3, -0.25) is 0 Å². The van der Waals surface area contributed by atoms with E-state index in [4.69, 9.17) is 16.7 Å². The quantitative estimate of drug-likeness (QED) is 0.820. The lowest BCUT2D eigenvalue weighted by Gasteiger charge is -2.07. The maximum Gasteiger partial charge on any atom is 0.0499 e. The molecule has 0 saturated heterocycles. The van der Waals surface area contributed by atoms with Crippen LogP contribution in [0, 0.1) is 0 Å². The van der Waals surface area contributed by atoms with Gasteiger partial charge in [0.15, 0.2) is 0 Å². The van der Waals surface area contributed by atoms with Gasteiger partial charge in [0.1, 0.15) is 0 Å². The van der Waals surface area contributed by atoms with Crippen LogP contribution < -0.4 is 5.32 Å². The van der Waals surface area contributed by atoms with Crippen LogP contribution in [0.3, 0.4) is 0 Å². The molecule has 0 unspecified atom stereocenters. The molecule has 4 heteroatoms. The fourth-order valence-corrected chi connectivity index (χ4v) is 1.49. The Bertz CT molecular complexity index is 280. The number of hydrogen-bond donors (Lipinski definition) is 2. The van der Waals surface area contributed by atoms with Crippen molar-refractivity contribution >= 4 is 33.2 Å². The molecule has 0 heterocycles. The third kappa shape index (κ3) is 3.55. The van der Waals surface area contributed by atoms with Crippen molar-refractivity contribution in [2.45, 2.75) is 6.42 Å². The summed E-state index contributed by atoms with van der Waals surface area (Å²) >= 11 is 9.22. The molecule has 1 aromatic carbocycles. The molecular formula is C9H11BrClNO. The number of halogens is 2. The van der Waals surface area contributed by atoms with Gasteiger partial charge < -0.3 is 10.4 Å². The zero-order chi connectivity index (χ0) is 9.68. The fraction of sp³-hybridized carbons (Fsp3) is 0.333. The minimum atomic E-state index is 0.200. The average molecular weight is 265 g/mol. The van der Waals surface area contributed by atoms with Crippen molar-refractivity contribution in [3.63, 3.8) is 0 Å². The van der Waals surface area contributed by atoms with Crippen molar-refractivity contribution in [2.24, 2.45) is 0 Å². The highest BCUT2D eigenvalue weighted by molar-refractivity contribution is 9.10. The Balaban J connectivity index is 2.59. The van der Waals surface area contributed by atoms with Gasteiger partial charge in [0, 0.05) is 28.3 Å². The van der Waals surface area contributed by atoms with E-state index in [1.807, 2.05) is 18.2 Å². The van der Waals surface area contributed by atoms with Crippen LogP contribution in [0.5, 0.6) is 0 Å². The van der Waals surface area contributed by atoms with Gasteiger partial charge in [0.2, 0.25) is 0 Å². The van der Waals surface area contributed by atoms with E-state index in [9.17, 15) is 0 Å². The molecule has 0 aliphatic rings. The van der Waals surface area contributed by atoms with Crippen molar-refractivity contribution in [2.75, 3.05) is 18.5 Å². The Kier molecular flexibility index (Phi) is 4.56. The lowest BCUT2D eigenvalue weighted by Crippen LogP contribution is -2.03. The second-order valence-electron chi connectivity index (χ2n) is 2.63. The van der Waals surface area contributed by atoms with Crippen molar-refractivity contribution < 1.29 is 5.11 Å². The summed E-state index contributed by atoms with van der Waals surface area (Å²) in [6.45, 7) is 0.945. The van der Waals surface area contributed by atoms with E-state index < -0.39 is 0 Å². The largest absolute Gasteiger partial charge is 0.396 e. The molecule has 1 rings (SSSR count). The summed E-state index contributed by atoms with van der Waals surface area (Å²) in [5.74, 6) is 0. The smallest absolute Gasteiger partial charge is 0.0499 e. The minimum absolute atomic E-state index is 0.200. The SMILES string of the molecule is OCCCNc1cc(Cl)ccc1Br. The van der Waals surface area contributed by atoms with Crippen LogP contribution in [0.2, 0.25) is 5.02 Å². The van der Waals surface area contributed by atoms with Gasteiger partial charge in [0.05, 0.1) is 0 Å². The minimum Gasteiger partial charge on any atom is -0.396 e. The molecule has 0 spiro atoms. The van der Waals surface area contributed by atoms with E-state index in [0.717, 1.165) is 23.1 Å². The summed E-state index contributed by atoms with van der Waals surface area (Å²) in [6.07, 6.45) is 0.735. The molecule has 1 aromatic rings. The molecule has 0 radical (unpaired) electrons. The molecule has 0 aromatic heterocycles. The van der Waals surface area contributed by atoms with E-state index in [-0.39, 0.29) is 6.61 Å². The highest BCUT2D eigenvalue weighted by Crippen LogP contribution is 2.25. The maximum absolute atomic E-state index is 8.59. The Hall–Kier alpha value is -0.250. The Labute approximate surface area is 91.0 Å². The summed E-state index contributed by atoms with van der Waals surface area (Å²) in [6, 6.07) is 5.56. The number of nitrogens with one attached hydrogen (secondary N) is 1. The zero-order valence-corrected chi connectivity index (χ0v) is 9.40. The van der Waals surface area contributed by atoms with Gasteiger partial charge in [-0.25, -0.2) is 0 Å². The molecular weight excluding hydrogens is 253 g/mol. The molecule has 0 atom stereocenters. The standard InChI is InChI=1S/C9H11BrClNO/c10-8-3-2-7(11)6-9(8)12-4-1-5-13/h2-3,6,12-13H,1,4-5H2. The van der Waals surface area contributed by atoms with Gasteiger partial charge >= 0.3 is 0 Å². The van der Waals surface area contributed by atoms with Crippen LogP contribution in [-0.4, -0.2) is 18.3 Å². The lowest BCUT2D eigenvalue weighted by atomic mass is 10.3. The normalized spacial score (nSPS) is 10.1. The van der Waals surface area contributed by atoms with Crippen molar-refractivity contribution in [3.05, 3.63) is 27.7 Å². The van der Waals surface area contributed by atoms with E-state index in [0.29, 0.717) is 5.02 Å². The van der Waals surface area contributed by atoms with Crippen LogP contribution >= 0.6 is 27.5 Å². The van der Waals surface area contributed by atoms with Crippen LogP contribution in [0.4, 0.5) is 5.69 Å². The molecule has 2 nitrogen and oxygen atoms in total. The van der Waals surface area contributed by atoms with E-state index in [1.165, 1.54) is 0 Å². The van der Waals surface area contributed by atoms with Gasteiger partial charge in [-0.05, 0) is 40.5 Å². The van der Waals surface area contributed by atoms with Crippen LogP contribution in [0.15, 0.2) is 22.7 Å². The maximum atomic E-state index is 8.59. The lowest BCUT2D eigenvalue weighted by molar-refractivity contribution is 0.292. The third-order valence-corrected chi connectivity index (χ3v) is 2.51. The first-order valence-corrected chi connectivity index (χ1v) is 5.21. The highest BCUT2D eigenvalue weighted by atomic mass is 79.9. The molecule has 0 aliphatic heterocycles. The number of hydrogen-bond acceptors (Lipinski definition) is 2. The molecule has 0 fully saturated rings. The first-order chi connectivity index (χ1) is 6.24. The molecule has 13 heavy (non-hydrogen) atoms. The predicted octanol–water partition coefficient (Wildman–Crippen LogP) is 2.90. The molecule has 0 saturated carbocycles. The van der Waals surface area contributed by atoms with Crippen LogP contribution in [-0.2, 0) is 0 Å². The van der Waals surface area contributed by atoms with E-state index in [2.05, 4.69) is 21.2 Å².